The summed E-state index contributed by atoms with van der Waals surface area (Å²) in [5.74, 6) is -1.71. The van der Waals surface area contributed by atoms with Crippen molar-refractivity contribution in [1.82, 2.24) is 26.1 Å². The van der Waals surface area contributed by atoms with Crippen LogP contribution >= 0.6 is 0 Å². The number of hydrazine groups is 1. The summed E-state index contributed by atoms with van der Waals surface area (Å²) < 4.78 is 5.78. The Morgan fingerprint density at radius 2 is 1.79 bits per heavy atom. The fraction of sp³-hybridized carbons (Fsp3) is 0.483. The Bertz CT molecular complexity index is 1210. The van der Waals surface area contributed by atoms with Crippen LogP contribution in [-0.2, 0) is 30.3 Å². The Balaban J connectivity index is 1.61. The number of ether oxygens (including phenoxy) is 1. The van der Waals surface area contributed by atoms with Crippen LogP contribution in [0.5, 0.6) is 0 Å². The average molecular weight is 536 g/mol. The Labute approximate surface area is 228 Å². The van der Waals surface area contributed by atoms with E-state index in [1.165, 1.54) is 5.01 Å². The summed E-state index contributed by atoms with van der Waals surface area (Å²) in [4.78, 5) is 56.4. The van der Waals surface area contributed by atoms with Crippen molar-refractivity contribution in [3.05, 3.63) is 53.9 Å². The molecule has 6 bridgehead atoms. The van der Waals surface area contributed by atoms with E-state index < -0.39 is 36.1 Å². The van der Waals surface area contributed by atoms with E-state index in [0.717, 1.165) is 22.4 Å². The fourth-order valence-corrected chi connectivity index (χ4v) is 4.77. The molecule has 0 aliphatic carbocycles. The third kappa shape index (κ3) is 7.00. The molecular formula is C29H37N5O5. The molecule has 39 heavy (non-hydrogen) atoms. The van der Waals surface area contributed by atoms with Gasteiger partial charge in [0.2, 0.25) is 11.8 Å². The van der Waals surface area contributed by atoms with Gasteiger partial charge in [0, 0.05) is 30.4 Å². The minimum absolute atomic E-state index is 0.175. The number of benzene rings is 1. The van der Waals surface area contributed by atoms with Crippen molar-refractivity contribution < 1.29 is 23.9 Å². The van der Waals surface area contributed by atoms with E-state index in [2.05, 4.69) is 21.0 Å². The van der Waals surface area contributed by atoms with Gasteiger partial charge < -0.3 is 15.4 Å². The van der Waals surface area contributed by atoms with E-state index in [0.29, 0.717) is 25.8 Å². The van der Waals surface area contributed by atoms with Gasteiger partial charge in [0.1, 0.15) is 24.2 Å². The molecule has 4 atom stereocenters. The zero-order valence-corrected chi connectivity index (χ0v) is 22.9. The lowest BCUT2D eigenvalue weighted by Gasteiger charge is -2.35. The molecule has 3 amide bonds. The molecule has 1 fully saturated rings. The molecular weight excluding hydrogens is 498 g/mol. The molecule has 3 aliphatic heterocycles. The molecule has 3 N–H and O–H groups in total. The number of aromatic nitrogens is 1. The third-order valence-electron chi connectivity index (χ3n) is 7.15. The minimum Gasteiger partial charge on any atom is -0.457 e. The van der Waals surface area contributed by atoms with Crippen LogP contribution in [0.2, 0.25) is 0 Å². The van der Waals surface area contributed by atoms with Crippen molar-refractivity contribution in [2.75, 3.05) is 6.54 Å². The van der Waals surface area contributed by atoms with Crippen LogP contribution < -0.4 is 16.1 Å². The predicted molar refractivity (Wildman–Crippen MR) is 145 cm³/mol. The highest BCUT2D eigenvalue weighted by molar-refractivity contribution is 5.92. The first kappa shape index (κ1) is 28.2. The van der Waals surface area contributed by atoms with Crippen molar-refractivity contribution >= 4 is 23.7 Å². The Morgan fingerprint density at radius 3 is 2.51 bits per heavy atom. The number of amides is 3. The molecule has 3 unspecified atom stereocenters. The lowest BCUT2D eigenvalue weighted by atomic mass is 10.0. The summed E-state index contributed by atoms with van der Waals surface area (Å²) in [6.07, 6.45) is 2.99. The minimum atomic E-state index is -0.861. The van der Waals surface area contributed by atoms with Gasteiger partial charge in [-0.2, -0.15) is 0 Å². The molecule has 3 aliphatic rings. The van der Waals surface area contributed by atoms with E-state index in [1.807, 2.05) is 57.2 Å². The molecule has 4 heterocycles. The molecule has 1 aromatic carbocycles. The first-order valence-electron chi connectivity index (χ1n) is 13.6. The van der Waals surface area contributed by atoms with Crippen molar-refractivity contribution in [1.29, 1.82) is 0 Å². The number of pyridine rings is 1. The number of fused-ring (bicyclic) bond motifs is 12. The van der Waals surface area contributed by atoms with Crippen molar-refractivity contribution in [2.45, 2.75) is 77.6 Å². The third-order valence-corrected chi connectivity index (χ3v) is 7.15. The van der Waals surface area contributed by atoms with Gasteiger partial charge in [-0.15, -0.1) is 0 Å². The predicted octanol–water partition coefficient (Wildman–Crippen LogP) is 2.44. The maximum Gasteiger partial charge on any atom is 0.325 e. The largest absolute Gasteiger partial charge is 0.457 e. The summed E-state index contributed by atoms with van der Waals surface area (Å²) in [6, 6.07) is 9.22. The Hall–Kier alpha value is -3.79. The van der Waals surface area contributed by atoms with E-state index in [4.69, 9.17) is 4.74 Å². The molecule has 5 rings (SSSR count). The topological polar surface area (TPSA) is 130 Å². The standard InChI is InChI=1S/C29H37N5O5/c1-17(2)26-27(36)31-18(3)28(37)34-14-6-9-24(33-34)29(38)39-19(4)20-7-5-8-21(15-20)22-10-11-23(30-16-22)12-13-25(35)32-26/h5,7-8,10-11,15-19,24,26,33H,6,9,12-14H2,1-4H3,(H,31,36)(H,32,35)/t18?,19-,24?,26?/m1/s1. The molecule has 10 heteroatoms. The van der Waals surface area contributed by atoms with Crippen molar-refractivity contribution in [3.63, 3.8) is 0 Å². The number of aryl methyl sites for hydroxylation is 1. The second kappa shape index (κ2) is 12.4. The number of rotatable bonds is 1. The van der Waals surface area contributed by atoms with E-state index in [1.54, 1.807) is 13.1 Å². The van der Waals surface area contributed by atoms with Gasteiger partial charge in [-0.25, -0.2) is 5.43 Å². The molecule has 2 aromatic rings. The zero-order chi connectivity index (χ0) is 28.1. The molecule has 0 spiro atoms. The average Bonchev–Trinajstić information content (AvgIpc) is 2.94. The Morgan fingerprint density at radius 1 is 1.00 bits per heavy atom. The summed E-state index contributed by atoms with van der Waals surface area (Å²) in [6.45, 7) is 7.47. The van der Waals surface area contributed by atoms with Gasteiger partial charge in [-0.1, -0.05) is 38.1 Å². The van der Waals surface area contributed by atoms with E-state index in [-0.39, 0.29) is 24.2 Å². The van der Waals surface area contributed by atoms with Crippen LogP contribution in [0.1, 0.15) is 64.3 Å². The summed E-state index contributed by atoms with van der Waals surface area (Å²) >= 11 is 0. The van der Waals surface area contributed by atoms with Gasteiger partial charge >= 0.3 is 5.97 Å². The lowest BCUT2D eigenvalue weighted by Crippen LogP contribution is -2.61. The molecule has 0 saturated carbocycles. The number of nitrogens with one attached hydrogen (secondary N) is 3. The van der Waals surface area contributed by atoms with E-state index in [9.17, 15) is 19.2 Å². The first-order chi connectivity index (χ1) is 18.6. The number of hydrogen-bond acceptors (Lipinski definition) is 7. The van der Waals surface area contributed by atoms with Gasteiger partial charge in [0.15, 0.2) is 0 Å². The van der Waals surface area contributed by atoms with Crippen molar-refractivity contribution in [3.8, 4) is 11.1 Å². The molecule has 10 nitrogen and oxygen atoms in total. The summed E-state index contributed by atoms with van der Waals surface area (Å²) in [5.41, 5.74) is 6.41. The summed E-state index contributed by atoms with van der Waals surface area (Å²) in [7, 11) is 0. The highest BCUT2D eigenvalue weighted by Gasteiger charge is 2.33. The lowest BCUT2D eigenvalue weighted by molar-refractivity contribution is -0.157. The number of carbonyl (C=O) groups is 4. The van der Waals surface area contributed by atoms with Crippen LogP contribution in [0.15, 0.2) is 42.6 Å². The SMILES string of the molecule is CC1NC(=O)C(C(C)C)NC(=O)CCc2ccc(cn2)-c2cccc(c2)[C@@H](C)OC(=O)C2CCCN(N2)C1=O. The molecule has 1 aromatic heterocycles. The normalized spacial score (nSPS) is 25.3. The summed E-state index contributed by atoms with van der Waals surface area (Å²) in [5, 5.41) is 6.91. The second-order valence-electron chi connectivity index (χ2n) is 10.6. The molecule has 0 radical (unpaired) electrons. The van der Waals surface area contributed by atoms with Crippen LogP contribution in [0.25, 0.3) is 11.1 Å². The quantitative estimate of drug-likeness (QED) is 0.478. The van der Waals surface area contributed by atoms with Crippen LogP contribution in [0.4, 0.5) is 0 Å². The van der Waals surface area contributed by atoms with Crippen molar-refractivity contribution in [2.24, 2.45) is 5.92 Å². The van der Waals surface area contributed by atoms with Crippen LogP contribution in [0.3, 0.4) is 0 Å². The highest BCUT2D eigenvalue weighted by atomic mass is 16.5. The zero-order valence-electron chi connectivity index (χ0n) is 22.9. The smallest absolute Gasteiger partial charge is 0.325 e. The monoisotopic (exact) mass is 535 g/mol. The maximum atomic E-state index is 13.1. The van der Waals surface area contributed by atoms with Crippen LogP contribution in [0, 0.1) is 5.92 Å². The Kier molecular flexibility index (Phi) is 8.96. The van der Waals surface area contributed by atoms with Gasteiger partial charge in [0.05, 0.1) is 0 Å². The second-order valence-corrected chi connectivity index (χ2v) is 10.6. The molecule has 1 saturated heterocycles. The number of nitrogens with zero attached hydrogens (tertiary/aromatic N) is 2. The number of esters is 1. The highest BCUT2D eigenvalue weighted by Crippen LogP contribution is 2.26. The molecule has 208 valence electrons. The fourth-order valence-electron chi connectivity index (χ4n) is 4.77. The van der Waals surface area contributed by atoms with Gasteiger partial charge in [-0.3, -0.25) is 29.2 Å². The number of carbonyl (C=O) groups excluding carboxylic acids is 4. The first-order valence-corrected chi connectivity index (χ1v) is 13.6. The van der Waals surface area contributed by atoms with E-state index >= 15 is 0 Å². The van der Waals surface area contributed by atoms with Gasteiger partial charge in [-0.05, 0) is 62.3 Å². The van der Waals surface area contributed by atoms with Crippen LogP contribution in [-0.4, -0.2) is 58.4 Å². The van der Waals surface area contributed by atoms with Gasteiger partial charge in [0.25, 0.3) is 5.91 Å². The number of hydrogen-bond donors (Lipinski definition) is 3. The maximum absolute atomic E-state index is 13.1.